The Hall–Kier alpha value is -2.59. The van der Waals surface area contributed by atoms with Crippen molar-refractivity contribution in [3.05, 3.63) is 64.2 Å². The molecule has 140 valence electrons. The number of carbonyl (C=O) groups excluding carboxylic acids is 2. The Morgan fingerprint density at radius 1 is 0.963 bits per heavy atom. The van der Waals surface area contributed by atoms with Gasteiger partial charge >= 0.3 is 0 Å². The molecule has 27 heavy (non-hydrogen) atoms. The van der Waals surface area contributed by atoms with Crippen molar-refractivity contribution in [2.75, 3.05) is 11.5 Å². The Bertz CT molecular complexity index is 929. The van der Waals surface area contributed by atoms with Gasteiger partial charge in [-0.2, -0.15) is 0 Å². The first-order valence-electron chi connectivity index (χ1n) is 8.88. The number of imide groups is 1. The Labute approximate surface area is 164 Å². The van der Waals surface area contributed by atoms with E-state index in [1.165, 1.54) is 0 Å². The average molecular weight is 384 g/mol. The van der Waals surface area contributed by atoms with E-state index in [0.717, 1.165) is 16.0 Å². The van der Waals surface area contributed by atoms with Gasteiger partial charge in [0.1, 0.15) is 10.8 Å². The minimum atomic E-state index is -0.500. The third-order valence-corrected chi connectivity index (χ3v) is 4.85. The summed E-state index contributed by atoms with van der Waals surface area (Å²) in [5, 5.41) is -0.0610. The quantitative estimate of drug-likeness (QED) is 0.692. The maximum Gasteiger partial charge on any atom is 0.277 e. The third-order valence-electron chi connectivity index (χ3n) is 4.50. The van der Waals surface area contributed by atoms with E-state index in [-0.39, 0.29) is 10.6 Å². The monoisotopic (exact) mass is 383 g/mol. The van der Waals surface area contributed by atoms with E-state index in [4.69, 9.17) is 16.3 Å². The fourth-order valence-corrected chi connectivity index (χ4v) is 3.11. The highest BCUT2D eigenvalue weighted by molar-refractivity contribution is 6.60. The lowest BCUT2D eigenvalue weighted by atomic mass is 10.1. The minimum Gasteiger partial charge on any atom is -0.493 e. The zero-order valence-electron chi connectivity index (χ0n) is 15.9. The van der Waals surface area contributed by atoms with Crippen LogP contribution in [0.5, 0.6) is 5.75 Å². The van der Waals surface area contributed by atoms with Gasteiger partial charge in [0, 0.05) is 0 Å². The molecular formula is C22H22ClNO3. The molecule has 0 radical (unpaired) electrons. The Morgan fingerprint density at radius 3 is 2.22 bits per heavy atom. The molecule has 0 bridgehead atoms. The predicted octanol–water partition coefficient (Wildman–Crippen LogP) is 4.86. The van der Waals surface area contributed by atoms with Crippen molar-refractivity contribution in [1.29, 1.82) is 0 Å². The molecule has 3 rings (SSSR count). The molecule has 0 saturated heterocycles. The van der Waals surface area contributed by atoms with Gasteiger partial charge in [0.2, 0.25) is 0 Å². The van der Waals surface area contributed by atoms with Crippen LogP contribution in [-0.2, 0) is 9.59 Å². The van der Waals surface area contributed by atoms with E-state index in [2.05, 4.69) is 13.8 Å². The summed E-state index contributed by atoms with van der Waals surface area (Å²) in [4.78, 5) is 26.7. The maximum atomic E-state index is 13.0. The topological polar surface area (TPSA) is 46.6 Å². The van der Waals surface area contributed by atoms with E-state index in [9.17, 15) is 9.59 Å². The van der Waals surface area contributed by atoms with Gasteiger partial charge in [0.15, 0.2) is 0 Å². The molecule has 2 aromatic rings. The summed E-state index contributed by atoms with van der Waals surface area (Å²) < 4.78 is 5.66. The van der Waals surface area contributed by atoms with E-state index in [0.29, 0.717) is 29.5 Å². The molecule has 0 saturated carbocycles. The largest absolute Gasteiger partial charge is 0.493 e. The number of hydrogen-bond donors (Lipinski definition) is 0. The molecule has 1 aliphatic rings. The fourth-order valence-electron chi connectivity index (χ4n) is 2.83. The molecule has 1 aliphatic heterocycles. The van der Waals surface area contributed by atoms with Crippen molar-refractivity contribution in [1.82, 2.24) is 0 Å². The van der Waals surface area contributed by atoms with Crippen LogP contribution in [0.25, 0.3) is 5.57 Å². The molecule has 0 fully saturated rings. The predicted molar refractivity (Wildman–Crippen MR) is 108 cm³/mol. The van der Waals surface area contributed by atoms with Crippen LogP contribution in [-0.4, -0.2) is 18.4 Å². The fraction of sp³-hybridized carbons (Fsp3) is 0.273. The smallest absolute Gasteiger partial charge is 0.277 e. The molecule has 0 aliphatic carbocycles. The Morgan fingerprint density at radius 2 is 1.63 bits per heavy atom. The highest BCUT2D eigenvalue weighted by Gasteiger charge is 2.39. The first-order valence-corrected chi connectivity index (χ1v) is 9.26. The van der Waals surface area contributed by atoms with Crippen LogP contribution in [0, 0.1) is 19.8 Å². The van der Waals surface area contributed by atoms with Crippen molar-refractivity contribution in [3.8, 4) is 5.75 Å². The SMILES string of the molecule is Cc1ccc(N2C(=O)C(Cl)=C(c3ccc(OCC(C)C)cc3)C2=O)cc1C. The van der Waals surface area contributed by atoms with Gasteiger partial charge in [0.25, 0.3) is 11.8 Å². The number of ether oxygens (including phenoxy) is 1. The second kappa shape index (κ2) is 7.57. The van der Waals surface area contributed by atoms with Gasteiger partial charge in [-0.05, 0) is 60.7 Å². The standard InChI is InChI=1S/C22H22ClNO3/c1-13(2)12-27-18-9-6-16(7-10-18)19-20(23)22(26)24(21(19)25)17-8-5-14(3)15(4)11-17/h5-11,13H,12H2,1-4H3. The van der Waals surface area contributed by atoms with Gasteiger partial charge < -0.3 is 4.74 Å². The number of anilines is 1. The molecule has 0 atom stereocenters. The molecule has 5 heteroatoms. The summed E-state index contributed by atoms with van der Waals surface area (Å²) in [6.07, 6.45) is 0. The number of hydrogen-bond acceptors (Lipinski definition) is 3. The molecule has 0 aromatic heterocycles. The zero-order chi connectivity index (χ0) is 19.7. The van der Waals surface area contributed by atoms with Crippen LogP contribution in [0.15, 0.2) is 47.5 Å². The van der Waals surface area contributed by atoms with Gasteiger partial charge in [-0.15, -0.1) is 0 Å². The second-order valence-electron chi connectivity index (χ2n) is 7.13. The third kappa shape index (κ3) is 3.76. The highest BCUT2D eigenvalue weighted by Crippen LogP contribution is 2.35. The summed E-state index contributed by atoms with van der Waals surface area (Å²) in [5.74, 6) is 0.221. The van der Waals surface area contributed by atoms with Crippen molar-refractivity contribution < 1.29 is 14.3 Å². The molecule has 0 unspecified atom stereocenters. The zero-order valence-corrected chi connectivity index (χ0v) is 16.6. The summed E-state index contributed by atoms with van der Waals surface area (Å²) in [6.45, 7) is 8.68. The van der Waals surface area contributed by atoms with Gasteiger partial charge in [-0.1, -0.05) is 43.6 Å². The number of nitrogens with zero attached hydrogens (tertiary/aromatic N) is 1. The highest BCUT2D eigenvalue weighted by atomic mass is 35.5. The van der Waals surface area contributed by atoms with Crippen LogP contribution >= 0.6 is 11.6 Å². The summed E-state index contributed by atoms with van der Waals surface area (Å²) in [5.41, 5.74) is 3.44. The Balaban J connectivity index is 1.89. The molecule has 1 heterocycles. The van der Waals surface area contributed by atoms with E-state index >= 15 is 0 Å². The molecule has 0 N–H and O–H groups in total. The van der Waals surface area contributed by atoms with Gasteiger partial charge in [0.05, 0.1) is 17.9 Å². The molecular weight excluding hydrogens is 362 g/mol. The van der Waals surface area contributed by atoms with Crippen LogP contribution in [0.3, 0.4) is 0 Å². The first-order chi connectivity index (χ1) is 12.8. The molecule has 2 amide bonds. The number of amides is 2. The van der Waals surface area contributed by atoms with E-state index < -0.39 is 11.8 Å². The lowest BCUT2D eigenvalue weighted by Crippen LogP contribution is -2.31. The number of halogens is 1. The summed E-state index contributed by atoms with van der Waals surface area (Å²) >= 11 is 6.25. The lowest BCUT2D eigenvalue weighted by molar-refractivity contribution is -0.119. The first kappa shape index (κ1) is 19.2. The number of rotatable bonds is 5. The van der Waals surface area contributed by atoms with E-state index in [1.54, 1.807) is 30.3 Å². The molecule has 4 nitrogen and oxygen atoms in total. The molecule has 2 aromatic carbocycles. The van der Waals surface area contributed by atoms with E-state index in [1.807, 2.05) is 26.0 Å². The van der Waals surface area contributed by atoms with Gasteiger partial charge in [-0.3, -0.25) is 9.59 Å². The van der Waals surface area contributed by atoms with Crippen molar-refractivity contribution >= 4 is 34.7 Å². The lowest BCUT2D eigenvalue weighted by Gasteiger charge is -2.16. The second-order valence-corrected chi connectivity index (χ2v) is 7.51. The average Bonchev–Trinajstić information content (AvgIpc) is 2.85. The van der Waals surface area contributed by atoms with Crippen LogP contribution in [0.1, 0.15) is 30.5 Å². The van der Waals surface area contributed by atoms with Crippen LogP contribution < -0.4 is 9.64 Å². The van der Waals surface area contributed by atoms with Crippen molar-refractivity contribution in [2.45, 2.75) is 27.7 Å². The van der Waals surface area contributed by atoms with Crippen molar-refractivity contribution in [2.24, 2.45) is 5.92 Å². The summed E-state index contributed by atoms with van der Waals surface area (Å²) in [6, 6.07) is 12.5. The Kier molecular flexibility index (Phi) is 5.38. The maximum absolute atomic E-state index is 13.0. The van der Waals surface area contributed by atoms with Crippen molar-refractivity contribution in [3.63, 3.8) is 0 Å². The number of aryl methyl sites for hydroxylation is 2. The molecule has 0 spiro atoms. The van der Waals surface area contributed by atoms with Crippen LogP contribution in [0.2, 0.25) is 0 Å². The minimum absolute atomic E-state index is 0.0610. The summed E-state index contributed by atoms with van der Waals surface area (Å²) in [7, 11) is 0. The number of carbonyl (C=O) groups is 2. The van der Waals surface area contributed by atoms with Crippen LogP contribution in [0.4, 0.5) is 5.69 Å². The number of benzene rings is 2. The normalized spacial score (nSPS) is 14.5. The van der Waals surface area contributed by atoms with Gasteiger partial charge in [-0.25, -0.2) is 4.90 Å².